The van der Waals surface area contributed by atoms with Gasteiger partial charge in [-0.3, -0.25) is 0 Å². The molecule has 15 aromatic carbocycles. The van der Waals surface area contributed by atoms with E-state index in [1.807, 2.05) is 303 Å². The Labute approximate surface area is 863 Å². The number of nitro benzene ring substituents is 1. The van der Waals surface area contributed by atoms with Gasteiger partial charge in [-0.05, 0) is 0 Å². The first-order chi connectivity index (χ1) is 67.5. The van der Waals surface area contributed by atoms with Crippen molar-refractivity contribution in [2.75, 3.05) is 0 Å². The van der Waals surface area contributed by atoms with Gasteiger partial charge in [-0.1, -0.05) is 0 Å². The first-order valence-corrected chi connectivity index (χ1v) is 87.5. The van der Waals surface area contributed by atoms with E-state index in [0.29, 0.717) is 30.0 Å². The number of unbranched alkanes of at least 4 members (excludes halogenated alkanes) is 4. The van der Waals surface area contributed by atoms with E-state index in [1.54, 1.807) is 54.7 Å². The second-order valence-electron chi connectivity index (χ2n) is 33.6. The zero-order valence-corrected chi connectivity index (χ0v) is 99.2. The second-order valence-corrected chi connectivity index (χ2v) is 102. The Bertz CT molecular complexity index is 6170. The van der Waals surface area contributed by atoms with Crippen LogP contribution in [-0.4, -0.2) is 137 Å². The number of rotatable bonds is 37. The van der Waals surface area contributed by atoms with Gasteiger partial charge in [-0.25, -0.2) is 0 Å². The number of hydrogen-bond donors (Lipinski definition) is 0. The summed E-state index contributed by atoms with van der Waals surface area (Å²) in [5.41, 5.74) is 3.94. The van der Waals surface area contributed by atoms with Crippen molar-refractivity contribution >= 4 is 214 Å². The third-order valence-corrected chi connectivity index (χ3v) is 98.4. The molecule has 0 bridgehead atoms. The van der Waals surface area contributed by atoms with Gasteiger partial charge < -0.3 is 0 Å². The minimum absolute atomic E-state index is 0.0218. The molecular formula is C119H116Cl4N2O8Sn6. The van der Waals surface area contributed by atoms with Crippen LogP contribution in [0, 0.1) is 19.5 Å². The van der Waals surface area contributed by atoms with Gasteiger partial charge in [0.2, 0.25) is 0 Å². The van der Waals surface area contributed by atoms with E-state index in [-0.39, 0.29) is 24.7 Å². The summed E-state index contributed by atoms with van der Waals surface area (Å²) in [5, 5.41) is 22.2. The number of nitrogens with zero attached hydrogens (tertiary/aromatic N) is 2. The van der Waals surface area contributed by atoms with Crippen molar-refractivity contribution in [3.63, 3.8) is 0 Å². The molecule has 0 spiro atoms. The van der Waals surface area contributed by atoms with Gasteiger partial charge in [0, 0.05) is 0 Å². The minimum atomic E-state index is -4.19. The van der Waals surface area contributed by atoms with Crippen LogP contribution < -0.4 is 32.2 Å². The van der Waals surface area contributed by atoms with Crippen molar-refractivity contribution in [1.29, 1.82) is 5.26 Å². The summed E-state index contributed by atoms with van der Waals surface area (Å²) in [6.07, 6.45) is 8.61. The summed E-state index contributed by atoms with van der Waals surface area (Å²) in [6.45, 7) is 19.8. The molecule has 702 valence electrons. The number of hydrogen-bond acceptors (Lipinski definition) is 9. The third-order valence-electron chi connectivity index (χ3n) is 24.9. The van der Waals surface area contributed by atoms with Crippen molar-refractivity contribution in [3.8, 4) is 4.09 Å². The predicted molar refractivity (Wildman–Crippen MR) is 596 cm³/mol. The van der Waals surface area contributed by atoms with Crippen molar-refractivity contribution < 1.29 is 33.7 Å². The van der Waals surface area contributed by atoms with E-state index in [0.717, 1.165) is 124 Å². The molecule has 0 amide bonds. The molecule has 0 saturated heterocycles. The van der Waals surface area contributed by atoms with Crippen LogP contribution in [0.3, 0.4) is 0 Å². The molecule has 0 unspecified atom stereocenters. The molecule has 0 aliphatic carbocycles. The summed E-state index contributed by atoms with van der Waals surface area (Å²) in [5.74, 6) is 0. The fraction of sp³-hybridized carbons (Fsp3) is 0.134. The molecule has 15 aromatic rings. The fourth-order valence-electron chi connectivity index (χ4n) is 17.4. The van der Waals surface area contributed by atoms with Crippen molar-refractivity contribution in [2.45, 2.75) is 96.8 Å². The third kappa shape index (κ3) is 28.0. The molecule has 0 saturated carbocycles. The van der Waals surface area contributed by atoms with Crippen molar-refractivity contribution in [2.24, 2.45) is 0 Å². The van der Waals surface area contributed by atoms with Crippen LogP contribution in [0.1, 0.15) is 141 Å². The van der Waals surface area contributed by atoms with Crippen molar-refractivity contribution in [3.05, 3.63) is 521 Å². The normalized spacial score (nSPS) is 11.1. The Morgan fingerprint density at radius 1 is 0.295 bits per heavy atom. The van der Waals surface area contributed by atoms with Gasteiger partial charge in [0.25, 0.3) is 0 Å². The molecule has 15 rings (SSSR count). The van der Waals surface area contributed by atoms with Crippen molar-refractivity contribution in [1.82, 2.24) is 0 Å². The van der Waals surface area contributed by atoms with E-state index in [4.69, 9.17) is 43.7 Å². The quantitative estimate of drug-likeness (QED) is 0.0209. The summed E-state index contributed by atoms with van der Waals surface area (Å²) >= 11 is -2.89. The molecule has 0 radical (unpaired) electrons. The fourth-order valence-corrected chi connectivity index (χ4v) is 83.9. The first kappa shape index (κ1) is 111. The summed E-state index contributed by atoms with van der Waals surface area (Å²) in [6, 6.07) is 138. The van der Waals surface area contributed by atoms with Gasteiger partial charge in [-0.2, -0.15) is 0 Å². The van der Waals surface area contributed by atoms with Crippen LogP contribution in [0.2, 0.25) is 32.8 Å². The SMILES string of the molecule is C=[CH][Sn]([CH]=C)([CH]=C)[C](=O)c1ccccc1.CCC[CH2][Sn]([C]#N)([CH2]CCC)[C](=O)c1ccccc1.CCC[CH2][Sn]([Cl])([CH2]CCC)[C](=O)c1ccccc1.O=[C](c1c(Cl)cccc1Cl)[Sn]([c]1ccccc1)([c]1ccccc1)[c]1ccccc1.O=[C](c1ccc(Cl)cc1)[Sn]([c]1ccccc1)([c]1ccccc1)[c]1ccccc1.O=[C](c1ccc([N+](=O)[O-])cc1)[Sn]([c]1ccccc1)([c]1ccccc1)[c]1ccccc1. The molecule has 0 N–H and O–H groups in total. The van der Waals surface area contributed by atoms with Gasteiger partial charge in [0.05, 0.1) is 0 Å². The zero-order chi connectivity index (χ0) is 99.5. The Balaban J connectivity index is 0.000000175. The monoisotopic (exact) mass is 2560 g/mol. The maximum atomic E-state index is 14.4. The Morgan fingerprint density at radius 3 is 0.763 bits per heavy atom. The average molecular weight is 2560 g/mol. The number of non-ortho nitro benzene ring substituents is 1. The molecule has 0 aromatic heterocycles. The molecule has 0 atom stereocenters. The van der Waals surface area contributed by atoms with E-state index in [1.165, 1.54) is 12.1 Å². The molecular weight excluding hydrogens is 2440 g/mol. The molecule has 10 nitrogen and oxygen atoms in total. The van der Waals surface area contributed by atoms with E-state index >= 15 is 0 Å². The number of nitro groups is 1. The number of carbonyl (C=O) groups excluding carboxylic acids is 6. The summed E-state index contributed by atoms with van der Waals surface area (Å²) in [4.78, 5) is 91.2. The van der Waals surface area contributed by atoms with Gasteiger partial charge >= 0.3 is 875 Å². The van der Waals surface area contributed by atoms with Crippen LogP contribution in [-0.2, 0) is 0 Å². The van der Waals surface area contributed by atoms with Crippen LogP contribution in [0.4, 0.5) is 5.69 Å². The molecule has 0 aliphatic heterocycles. The van der Waals surface area contributed by atoms with Gasteiger partial charge in [-0.15, -0.1) is 0 Å². The number of carbonyl (C=O) groups is 6. The zero-order valence-electron chi connectivity index (χ0n) is 79.0. The van der Waals surface area contributed by atoms with E-state index in [9.17, 15) is 44.1 Å². The standard InChI is InChI=1S/C7H3Cl2O.C7H4ClO.C7H4NO3.3C7H5O.9C6H5.4C4H9.3C2H3.CN.ClH.6Sn/c8-6-2-1-3-7(9)5(6)4-10;8-7-3-1-6(5-9)2-4-7;9-5-6-1-3-7(4-2-6)8(10)11;3*8-6-7-4-2-1-3-5-7;9*1-2-4-6-5-3-1;4*1-3-4-2;4*1-2;;;;;;;/h1-3H;1-4H;1-4H;3*1-5H;9*1-5H;4*1,3-4H2,2H3;3*1H,2H2;;1H;;;;;;/q;;;;;;;;;;;;;;;;;;;;;;;;;;;;;+1/p-1. The number of nitriles is 1. The predicted octanol–water partition coefficient (Wildman–Crippen LogP) is 25.4. The molecule has 0 aliphatic rings. The summed E-state index contributed by atoms with van der Waals surface area (Å²) < 4.78 is 22.4. The first-order valence-electron chi connectivity index (χ1n) is 46.9. The van der Waals surface area contributed by atoms with Crippen LogP contribution in [0.25, 0.3) is 0 Å². The average Bonchev–Trinajstić information content (AvgIpc) is 0.731. The molecule has 20 heteroatoms. The van der Waals surface area contributed by atoms with E-state index in [2.05, 4.69) is 124 Å². The Morgan fingerprint density at radius 2 is 0.518 bits per heavy atom. The number of benzene rings is 15. The van der Waals surface area contributed by atoms with Crippen LogP contribution in [0.15, 0.2) is 463 Å². The van der Waals surface area contributed by atoms with Crippen LogP contribution >= 0.6 is 43.7 Å². The van der Waals surface area contributed by atoms with Crippen LogP contribution in [0.5, 0.6) is 0 Å². The maximum absolute atomic E-state index is 14.4. The topological polar surface area (TPSA) is 169 Å². The van der Waals surface area contributed by atoms with E-state index < -0.39 is 114 Å². The molecule has 0 fully saturated rings. The number of halogens is 4. The van der Waals surface area contributed by atoms with Gasteiger partial charge in [0.1, 0.15) is 0 Å². The molecule has 0 heterocycles. The molecule has 139 heavy (non-hydrogen) atoms. The Kier molecular flexibility index (Phi) is 45.6. The second kappa shape index (κ2) is 56.9. The Hall–Kier alpha value is -9.62. The summed E-state index contributed by atoms with van der Waals surface area (Å²) in [7, 11) is 6.84. The van der Waals surface area contributed by atoms with Gasteiger partial charge in [0.15, 0.2) is 0 Å².